The maximum absolute atomic E-state index is 13.1. The number of nitrogens with zero attached hydrogens (tertiary/aromatic N) is 1. The number of para-hydroxylation sites is 1. The van der Waals surface area contributed by atoms with Gasteiger partial charge in [0.2, 0.25) is 0 Å². The van der Waals surface area contributed by atoms with Crippen LogP contribution in [0.15, 0.2) is 71.6 Å². The maximum Gasteiger partial charge on any atom is 0.270 e. The summed E-state index contributed by atoms with van der Waals surface area (Å²) in [6.45, 7) is 9.92. The van der Waals surface area contributed by atoms with Crippen molar-refractivity contribution in [3.8, 4) is 17.2 Å². The summed E-state index contributed by atoms with van der Waals surface area (Å²) in [4.78, 5) is 15.2. The largest absolute Gasteiger partial charge is 0.493 e. The van der Waals surface area contributed by atoms with E-state index in [-0.39, 0.29) is 5.91 Å². The highest BCUT2D eigenvalue weighted by Crippen LogP contribution is 2.37. The van der Waals surface area contributed by atoms with E-state index in [1.807, 2.05) is 61.5 Å². The Balaban J connectivity index is 1.39. The van der Waals surface area contributed by atoms with Crippen LogP contribution in [0.4, 0.5) is 5.69 Å². The Morgan fingerprint density at radius 3 is 2.37 bits per heavy atom. The monoisotopic (exact) mass is 547 g/mol. The van der Waals surface area contributed by atoms with Gasteiger partial charge < -0.3 is 14.2 Å². The van der Waals surface area contributed by atoms with Gasteiger partial charge in [-0.25, -0.2) is 0 Å². The number of carbonyl (C=O) groups excluding carboxylic acids is 1. The van der Waals surface area contributed by atoms with Crippen LogP contribution in [0.1, 0.15) is 49.8 Å². The van der Waals surface area contributed by atoms with E-state index in [1.54, 1.807) is 4.90 Å². The summed E-state index contributed by atoms with van der Waals surface area (Å²) in [5, 5.41) is 0. The highest BCUT2D eigenvalue weighted by atomic mass is 32.2. The molecular formula is C31H33NO4S2. The first-order valence-corrected chi connectivity index (χ1v) is 14.1. The molecule has 0 aliphatic carbocycles. The molecule has 198 valence electrons. The van der Waals surface area contributed by atoms with Gasteiger partial charge in [0.05, 0.1) is 30.4 Å². The summed E-state index contributed by atoms with van der Waals surface area (Å²) in [6, 6.07) is 21.5. The minimum Gasteiger partial charge on any atom is -0.493 e. The molecule has 38 heavy (non-hydrogen) atoms. The zero-order valence-corrected chi connectivity index (χ0v) is 23.9. The zero-order chi connectivity index (χ0) is 27.1. The second-order valence-corrected chi connectivity index (χ2v) is 10.9. The van der Waals surface area contributed by atoms with E-state index in [2.05, 4.69) is 39.0 Å². The topological polar surface area (TPSA) is 48.0 Å². The van der Waals surface area contributed by atoms with Gasteiger partial charge in [-0.2, -0.15) is 0 Å². The molecule has 0 N–H and O–H groups in total. The van der Waals surface area contributed by atoms with Crippen LogP contribution < -0.4 is 19.1 Å². The van der Waals surface area contributed by atoms with Crippen molar-refractivity contribution in [3.63, 3.8) is 0 Å². The molecule has 0 saturated carbocycles. The molecule has 3 aromatic carbocycles. The van der Waals surface area contributed by atoms with Gasteiger partial charge in [0.15, 0.2) is 15.8 Å². The van der Waals surface area contributed by atoms with E-state index in [0.717, 1.165) is 23.4 Å². The van der Waals surface area contributed by atoms with Crippen LogP contribution in [0, 0.1) is 6.92 Å². The number of hydrogen-bond acceptors (Lipinski definition) is 6. The molecule has 0 bridgehead atoms. The van der Waals surface area contributed by atoms with E-state index in [0.29, 0.717) is 46.5 Å². The number of ether oxygens (including phenoxy) is 3. The van der Waals surface area contributed by atoms with Crippen molar-refractivity contribution in [1.82, 2.24) is 0 Å². The Hall–Kier alpha value is -3.29. The number of thiocarbonyl (C=S) groups is 1. The van der Waals surface area contributed by atoms with E-state index in [9.17, 15) is 4.79 Å². The van der Waals surface area contributed by atoms with Gasteiger partial charge >= 0.3 is 0 Å². The minimum absolute atomic E-state index is 0.126. The van der Waals surface area contributed by atoms with E-state index in [1.165, 1.54) is 22.9 Å². The second-order valence-electron chi connectivity index (χ2n) is 9.24. The van der Waals surface area contributed by atoms with Crippen molar-refractivity contribution in [3.05, 3.63) is 88.3 Å². The van der Waals surface area contributed by atoms with Crippen molar-refractivity contribution < 1.29 is 19.0 Å². The predicted molar refractivity (Wildman–Crippen MR) is 161 cm³/mol. The van der Waals surface area contributed by atoms with E-state index in [4.69, 9.17) is 26.4 Å². The lowest BCUT2D eigenvalue weighted by Gasteiger charge is -2.16. The summed E-state index contributed by atoms with van der Waals surface area (Å²) in [5.41, 5.74) is 4.01. The molecule has 3 aromatic rings. The summed E-state index contributed by atoms with van der Waals surface area (Å²) >= 11 is 6.78. The molecule has 1 aliphatic rings. The van der Waals surface area contributed by atoms with Crippen molar-refractivity contribution in [2.45, 2.75) is 40.0 Å². The smallest absolute Gasteiger partial charge is 0.270 e. The van der Waals surface area contributed by atoms with Crippen molar-refractivity contribution in [2.75, 3.05) is 24.7 Å². The molecule has 1 saturated heterocycles. The lowest BCUT2D eigenvalue weighted by Crippen LogP contribution is -2.27. The number of rotatable bonds is 11. The van der Waals surface area contributed by atoms with Gasteiger partial charge in [0, 0.05) is 6.42 Å². The fourth-order valence-corrected chi connectivity index (χ4v) is 5.39. The van der Waals surface area contributed by atoms with Gasteiger partial charge in [0.25, 0.3) is 5.91 Å². The number of thioether (sulfide) groups is 1. The Morgan fingerprint density at radius 1 is 0.921 bits per heavy atom. The third kappa shape index (κ3) is 6.77. The van der Waals surface area contributed by atoms with Crippen LogP contribution in [-0.4, -0.2) is 30.0 Å². The first kappa shape index (κ1) is 27.7. The molecule has 0 unspecified atom stereocenters. The lowest BCUT2D eigenvalue weighted by atomic mass is 10.0. The Kier molecular flexibility index (Phi) is 9.48. The average Bonchev–Trinajstić information content (AvgIpc) is 3.17. The number of carbonyl (C=O) groups is 1. The molecule has 7 heteroatoms. The third-order valence-electron chi connectivity index (χ3n) is 5.97. The molecule has 1 fully saturated rings. The molecule has 0 radical (unpaired) electrons. The minimum atomic E-state index is -0.126. The van der Waals surface area contributed by atoms with Gasteiger partial charge in [-0.05, 0) is 72.9 Å². The number of benzene rings is 3. The molecular weight excluding hydrogens is 514 g/mol. The first-order chi connectivity index (χ1) is 18.4. The quantitative estimate of drug-likeness (QED) is 0.139. The highest BCUT2D eigenvalue weighted by Gasteiger charge is 2.33. The van der Waals surface area contributed by atoms with Gasteiger partial charge in [-0.3, -0.25) is 9.69 Å². The van der Waals surface area contributed by atoms with Gasteiger partial charge in [0.1, 0.15) is 5.75 Å². The van der Waals surface area contributed by atoms with Gasteiger partial charge in [-0.15, -0.1) is 0 Å². The standard InChI is InChI=1S/C31H33NO4S2/c1-5-34-28-19-23(20-29-30(33)32(31(37)38-29)24-10-7-6-8-11-24)13-15-26(28)35-16-9-17-36-27-18-22(4)12-14-25(27)21(2)3/h6-8,10-15,18-21H,5,9,16-17H2,1-4H3/b29-20+. The normalized spacial score (nSPS) is 14.4. The van der Waals surface area contributed by atoms with E-state index < -0.39 is 0 Å². The van der Waals surface area contributed by atoms with Crippen LogP contribution in [0.5, 0.6) is 17.2 Å². The Labute approximate surface area is 234 Å². The highest BCUT2D eigenvalue weighted by molar-refractivity contribution is 8.27. The Morgan fingerprint density at radius 2 is 1.66 bits per heavy atom. The second kappa shape index (κ2) is 13.0. The molecule has 1 aliphatic heterocycles. The van der Waals surface area contributed by atoms with Crippen molar-refractivity contribution >= 4 is 46.0 Å². The number of anilines is 1. The molecule has 1 amide bonds. The van der Waals surface area contributed by atoms with Crippen molar-refractivity contribution in [1.29, 1.82) is 0 Å². The molecule has 0 atom stereocenters. The molecule has 5 nitrogen and oxygen atoms in total. The molecule has 0 spiro atoms. The zero-order valence-electron chi connectivity index (χ0n) is 22.2. The van der Waals surface area contributed by atoms with Crippen LogP contribution in [-0.2, 0) is 4.79 Å². The van der Waals surface area contributed by atoms with E-state index >= 15 is 0 Å². The summed E-state index contributed by atoms with van der Waals surface area (Å²) in [5.74, 6) is 2.52. The molecule has 1 heterocycles. The first-order valence-electron chi connectivity index (χ1n) is 12.8. The van der Waals surface area contributed by atoms with Crippen LogP contribution in [0.2, 0.25) is 0 Å². The number of hydrogen-bond donors (Lipinski definition) is 0. The number of aryl methyl sites for hydroxylation is 1. The summed E-state index contributed by atoms with van der Waals surface area (Å²) in [7, 11) is 0. The fourth-order valence-electron chi connectivity index (χ4n) is 4.09. The number of amides is 1. The maximum atomic E-state index is 13.1. The van der Waals surface area contributed by atoms with Crippen LogP contribution in [0.3, 0.4) is 0 Å². The lowest BCUT2D eigenvalue weighted by molar-refractivity contribution is -0.113. The predicted octanol–water partition coefficient (Wildman–Crippen LogP) is 7.77. The Bertz CT molecular complexity index is 1320. The van der Waals surface area contributed by atoms with Crippen molar-refractivity contribution in [2.24, 2.45) is 0 Å². The average molecular weight is 548 g/mol. The summed E-state index contributed by atoms with van der Waals surface area (Å²) < 4.78 is 18.5. The van der Waals surface area contributed by atoms with Crippen LogP contribution in [0.25, 0.3) is 6.08 Å². The molecule has 4 rings (SSSR count). The summed E-state index contributed by atoms with van der Waals surface area (Å²) in [6.07, 6.45) is 2.58. The third-order valence-corrected chi connectivity index (χ3v) is 7.27. The van der Waals surface area contributed by atoms with Crippen LogP contribution >= 0.6 is 24.0 Å². The van der Waals surface area contributed by atoms with Gasteiger partial charge in [-0.1, -0.05) is 74.2 Å². The SMILES string of the molecule is CCOc1cc(/C=C2/SC(=S)N(c3ccccc3)C2=O)ccc1OCCCOc1cc(C)ccc1C(C)C. The molecule has 0 aromatic heterocycles. The fraction of sp³-hybridized carbons (Fsp3) is 0.290.